The molecule has 0 fully saturated rings. The van der Waals surface area contributed by atoms with Crippen molar-refractivity contribution in [3.63, 3.8) is 0 Å². The first-order valence-corrected chi connectivity index (χ1v) is 6.76. The average Bonchev–Trinajstić information content (AvgIpc) is 2.44. The SMILES string of the molecule is CCNC(=NCCO)NCCc1ccc(C(F)(F)F)cc1.I. The zero-order chi connectivity index (χ0) is 15.7. The van der Waals surface area contributed by atoms with Crippen molar-refractivity contribution in [2.75, 3.05) is 26.2 Å². The number of aliphatic hydroxyl groups excluding tert-OH is 1. The number of benzene rings is 1. The van der Waals surface area contributed by atoms with Crippen LogP contribution in [0.1, 0.15) is 18.1 Å². The maximum Gasteiger partial charge on any atom is 0.416 e. The first-order valence-electron chi connectivity index (χ1n) is 6.76. The molecule has 8 heteroatoms. The molecule has 0 unspecified atom stereocenters. The van der Waals surface area contributed by atoms with Crippen LogP contribution in [0.15, 0.2) is 29.3 Å². The van der Waals surface area contributed by atoms with Crippen LogP contribution >= 0.6 is 24.0 Å². The first kappa shape index (κ1) is 21.0. The van der Waals surface area contributed by atoms with Gasteiger partial charge < -0.3 is 15.7 Å². The topological polar surface area (TPSA) is 56.7 Å². The molecule has 1 aromatic rings. The van der Waals surface area contributed by atoms with Crippen LogP contribution in [0.2, 0.25) is 0 Å². The van der Waals surface area contributed by atoms with E-state index in [9.17, 15) is 13.2 Å². The minimum absolute atomic E-state index is 0. The van der Waals surface area contributed by atoms with Crippen LogP contribution in [0.25, 0.3) is 0 Å². The highest BCUT2D eigenvalue weighted by Crippen LogP contribution is 2.29. The zero-order valence-corrected chi connectivity index (χ0v) is 14.6. The molecule has 22 heavy (non-hydrogen) atoms. The number of nitrogens with one attached hydrogen (secondary N) is 2. The summed E-state index contributed by atoms with van der Waals surface area (Å²) in [5, 5.41) is 14.8. The fourth-order valence-corrected chi connectivity index (χ4v) is 1.69. The summed E-state index contributed by atoms with van der Waals surface area (Å²) in [6, 6.07) is 5.12. The summed E-state index contributed by atoms with van der Waals surface area (Å²) < 4.78 is 37.3. The standard InChI is InChI=1S/C14H20F3N3O.HI/c1-2-18-13(20-9-10-21)19-8-7-11-3-5-12(6-4-11)14(15,16)17;/h3-6,21H,2,7-10H2,1H3,(H2,18,19,20);1H. The lowest BCUT2D eigenvalue weighted by atomic mass is 10.1. The normalized spacial score (nSPS) is 11.8. The molecular weight excluding hydrogens is 410 g/mol. The van der Waals surface area contributed by atoms with Gasteiger partial charge in [0.15, 0.2) is 5.96 Å². The van der Waals surface area contributed by atoms with E-state index < -0.39 is 11.7 Å². The van der Waals surface area contributed by atoms with Gasteiger partial charge in [-0.3, -0.25) is 4.99 Å². The van der Waals surface area contributed by atoms with Gasteiger partial charge in [-0.05, 0) is 31.0 Å². The van der Waals surface area contributed by atoms with E-state index in [2.05, 4.69) is 15.6 Å². The summed E-state index contributed by atoms with van der Waals surface area (Å²) in [5.41, 5.74) is 0.172. The van der Waals surface area contributed by atoms with Crippen molar-refractivity contribution >= 4 is 29.9 Å². The van der Waals surface area contributed by atoms with Gasteiger partial charge in [0.25, 0.3) is 0 Å². The summed E-state index contributed by atoms with van der Waals surface area (Å²) in [4.78, 5) is 4.11. The summed E-state index contributed by atoms with van der Waals surface area (Å²) in [6.45, 7) is 3.43. The highest BCUT2D eigenvalue weighted by atomic mass is 127. The highest BCUT2D eigenvalue weighted by molar-refractivity contribution is 14.0. The molecule has 0 aliphatic carbocycles. The first-order chi connectivity index (χ1) is 9.97. The van der Waals surface area contributed by atoms with Crippen LogP contribution in [0.3, 0.4) is 0 Å². The van der Waals surface area contributed by atoms with Crippen LogP contribution in [0.4, 0.5) is 13.2 Å². The number of guanidine groups is 1. The minimum atomic E-state index is -4.30. The van der Waals surface area contributed by atoms with E-state index in [0.29, 0.717) is 32.0 Å². The number of nitrogens with zero attached hydrogens (tertiary/aromatic N) is 1. The van der Waals surface area contributed by atoms with Crippen molar-refractivity contribution in [3.05, 3.63) is 35.4 Å². The minimum Gasteiger partial charge on any atom is -0.394 e. The van der Waals surface area contributed by atoms with E-state index in [1.54, 1.807) is 0 Å². The van der Waals surface area contributed by atoms with E-state index in [4.69, 9.17) is 5.11 Å². The van der Waals surface area contributed by atoms with Crippen molar-refractivity contribution in [1.82, 2.24) is 10.6 Å². The molecule has 3 N–H and O–H groups in total. The van der Waals surface area contributed by atoms with E-state index in [0.717, 1.165) is 17.7 Å². The number of halogens is 4. The maximum atomic E-state index is 12.4. The Morgan fingerprint density at radius 3 is 2.32 bits per heavy atom. The van der Waals surface area contributed by atoms with Gasteiger partial charge in [0.05, 0.1) is 18.7 Å². The maximum absolute atomic E-state index is 12.4. The summed E-state index contributed by atoms with van der Waals surface area (Å²) in [7, 11) is 0. The van der Waals surface area contributed by atoms with Gasteiger partial charge in [-0.15, -0.1) is 24.0 Å². The lowest BCUT2D eigenvalue weighted by molar-refractivity contribution is -0.137. The number of aliphatic hydroxyl groups is 1. The Morgan fingerprint density at radius 1 is 1.18 bits per heavy atom. The Morgan fingerprint density at radius 2 is 1.82 bits per heavy atom. The molecule has 4 nitrogen and oxygen atoms in total. The van der Waals surface area contributed by atoms with Gasteiger partial charge in [0.1, 0.15) is 0 Å². The van der Waals surface area contributed by atoms with Gasteiger partial charge in [-0.1, -0.05) is 12.1 Å². The van der Waals surface area contributed by atoms with Crippen molar-refractivity contribution < 1.29 is 18.3 Å². The monoisotopic (exact) mass is 431 g/mol. The summed E-state index contributed by atoms with van der Waals surface area (Å²) >= 11 is 0. The van der Waals surface area contributed by atoms with Crippen LogP contribution < -0.4 is 10.6 Å². The molecule has 0 heterocycles. The molecule has 0 atom stereocenters. The molecule has 0 bridgehead atoms. The smallest absolute Gasteiger partial charge is 0.394 e. The molecule has 1 aromatic carbocycles. The molecule has 0 radical (unpaired) electrons. The third-order valence-electron chi connectivity index (χ3n) is 2.70. The third-order valence-corrected chi connectivity index (χ3v) is 2.70. The third kappa shape index (κ3) is 7.83. The molecule has 1 rings (SSSR count). The van der Waals surface area contributed by atoms with Crippen LogP contribution in [0.5, 0.6) is 0 Å². The van der Waals surface area contributed by atoms with E-state index in [-0.39, 0.29) is 30.6 Å². The van der Waals surface area contributed by atoms with Gasteiger partial charge in [0.2, 0.25) is 0 Å². The van der Waals surface area contributed by atoms with Gasteiger partial charge >= 0.3 is 6.18 Å². The van der Waals surface area contributed by atoms with E-state index in [1.165, 1.54) is 12.1 Å². The van der Waals surface area contributed by atoms with Crippen molar-refractivity contribution in [3.8, 4) is 0 Å². The van der Waals surface area contributed by atoms with Crippen LogP contribution in [-0.4, -0.2) is 37.3 Å². The van der Waals surface area contributed by atoms with Crippen LogP contribution in [0, 0.1) is 0 Å². The van der Waals surface area contributed by atoms with Crippen molar-refractivity contribution in [1.29, 1.82) is 0 Å². The van der Waals surface area contributed by atoms with E-state index >= 15 is 0 Å². The molecular formula is C14H21F3IN3O. The Labute approximate surface area is 145 Å². The van der Waals surface area contributed by atoms with Gasteiger partial charge in [0, 0.05) is 13.1 Å². The molecule has 126 valence electrons. The fourth-order valence-electron chi connectivity index (χ4n) is 1.69. The summed E-state index contributed by atoms with van der Waals surface area (Å²) in [6.07, 6.45) is -3.71. The van der Waals surface area contributed by atoms with Crippen LogP contribution in [-0.2, 0) is 12.6 Å². The predicted molar refractivity (Wildman–Crippen MR) is 91.6 cm³/mol. The predicted octanol–water partition coefficient (Wildman–Crippen LogP) is 2.41. The number of hydrogen-bond donors (Lipinski definition) is 3. The number of aliphatic imine (C=N–C) groups is 1. The summed E-state index contributed by atoms with van der Waals surface area (Å²) in [5.74, 6) is 0.582. The zero-order valence-electron chi connectivity index (χ0n) is 12.3. The van der Waals surface area contributed by atoms with Gasteiger partial charge in [-0.2, -0.15) is 13.2 Å². The molecule has 0 amide bonds. The quantitative estimate of drug-likeness (QED) is 0.369. The molecule has 0 aliphatic heterocycles. The largest absolute Gasteiger partial charge is 0.416 e. The Hall–Kier alpha value is -1.03. The highest BCUT2D eigenvalue weighted by Gasteiger charge is 2.29. The molecule has 0 aromatic heterocycles. The Kier molecular flexibility index (Phi) is 10.2. The second-order valence-electron chi connectivity index (χ2n) is 4.36. The number of rotatable bonds is 6. The van der Waals surface area contributed by atoms with Crippen molar-refractivity contribution in [2.24, 2.45) is 4.99 Å². The average molecular weight is 431 g/mol. The fraction of sp³-hybridized carbons (Fsp3) is 0.500. The van der Waals surface area contributed by atoms with Crippen molar-refractivity contribution in [2.45, 2.75) is 19.5 Å². The molecule has 0 saturated carbocycles. The lowest BCUT2D eigenvalue weighted by Gasteiger charge is -2.11. The molecule has 0 saturated heterocycles. The second-order valence-corrected chi connectivity index (χ2v) is 4.36. The number of hydrogen-bond acceptors (Lipinski definition) is 2. The Balaban J connectivity index is 0.00000441. The lowest BCUT2D eigenvalue weighted by Crippen LogP contribution is -2.38. The number of alkyl halides is 3. The van der Waals surface area contributed by atoms with E-state index in [1.807, 2.05) is 6.92 Å². The Bertz CT molecular complexity index is 450. The molecule has 0 spiro atoms. The van der Waals surface area contributed by atoms with Gasteiger partial charge in [-0.25, -0.2) is 0 Å². The molecule has 0 aliphatic rings. The second kappa shape index (κ2) is 10.7.